The van der Waals surface area contributed by atoms with Crippen molar-refractivity contribution in [2.24, 2.45) is 5.92 Å². The van der Waals surface area contributed by atoms with Crippen molar-refractivity contribution in [3.63, 3.8) is 0 Å². The van der Waals surface area contributed by atoms with E-state index in [4.69, 9.17) is 11.6 Å². The molecule has 0 spiro atoms. The van der Waals surface area contributed by atoms with Gasteiger partial charge >= 0.3 is 0 Å². The van der Waals surface area contributed by atoms with Gasteiger partial charge in [0.1, 0.15) is 4.21 Å². The Kier molecular flexibility index (Phi) is 7.43. The molecule has 1 aliphatic rings. The fraction of sp³-hybridized carbons (Fsp3) is 0.692. The van der Waals surface area contributed by atoms with Crippen molar-refractivity contribution < 1.29 is 8.42 Å². The second kappa shape index (κ2) is 8.13. The van der Waals surface area contributed by atoms with Gasteiger partial charge in [0.15, 0.2) is 0 Å². The molecule has 0 aromatic carbocycles. The number of nitrogens with one attached hydrogen (secondary N) is 1. The van der Waals surface area contributed by atoms with Crippen LogP contribution in [0.2, 0.25) is 4.34 Å². The van der Waals surface area contributed by atoms with Crippen LogP contribution in [0.5, 0.6) is 0 Å². The summed E-state index contributed by atoms with van der Waals surface area (Å²) in [6.07, 6.45) is 3.01. The van der Waals surface area contributed by atoms with Crippen LogP contribution < -0.4 is 5.32 Å². The van der Waals surface area contributed by atoms with Crippen molar-refractivity contribution in [3.8, 4) is 0 Å². The molecule has 1 aliphatic heterocycles. The Morgan fingerprint density at radius 3 is 2.52 bits per heavy atom. The third kappa shape index (κ3) is 4.56. The number of halogens is 2. The van der Waals surface area contributed by atoms with Crippen molar-refractivity contribution in [2.75, 3.05) is 26.7 Å². The fourth-order valence-electron chi connectivity index (χ4n) is 2.47. The normalized spacial score (nSPS) is 17.7. The quantitative estimate of drug-likeness (QED) is 0.863. The molecule has 1 saturated heterocycles. The molecule has 1 fully saturated rings. The predicted molar refractivity (Wildman–Crippen MR) is 91.3 cm³/mol. The van der Waals surface area contributed by atoms with Crippen LogP contribution in [-0.2, 0) is 10.0 Å². The summed E-state index contributed by atoms with van der Waals surface area (Å²) in [7, 11) is -1.41. The Hall–Kier alpha value is 0.150. The van der Waals surface area contributed by atoms with E-state index in [0.717, 1.165) is 42.7 Å². The molecular weight excluding hydrogens is 351 g/mol. The van der Waals surface area contributed by atoms with Gasteiger partial charge in [-0.05, 0) is 57.3 Å². The molecule has 0 atom stereocenters. The number of hydrogen-bond donors (Lipinski definition) is 1. The molecule has 122 valence electrons. The first kappa shape index (κ1) is 19.2. The van der Waals surface area contributed by atoms with Crippen molar-refractivity contribution in [1.82, 2.24) is 9.62 Å². The lowest BCUT2D eigenvalue weighted by Crippen LogP contribution is -2.38. The molecule has 1 N–H and O–H groups in total. The Morgan fingerprint density at radius 2 is 2.05 bits per heavy atom. The summed E-state index contributed by atoms with van der Waals surface area (Å²) in [5.41, 5.74) is 0.833. The van der Waals surface area contributed by atoms with Crippen LogP contribution in [0.1, 0.15) is 24.8 Å². The molecule has 21 heavy (non-hydrogen) atoms. The van der Waals surface area contributed by atoms with Crippen LogP contribution in [0.3, 0.4) is 0 Å². The average Bonchev–Trinajstić information content (AvgIpc) is 2.77. The number of rotatable bonds is 5. The first-order valence-corrected chi connectivity index (χ1v) is 9.49. The van der Waals surface area contributed by atoms with Gasteiger partial charge in [-0.2, -0.15) is 4.31 Å². The lowest BCUT2D eigenvalue weighted by molar-refractivity contribution is 0.263. The molecular formula is C13H22Cl2N2O2S2. The van der Waals surface area contributed by atoms with E-state index in [1.54, 1.807) is 10.4 Å². The summed E-state index contributed by atoms with van der Waals surface area (Å²) in [6, 6.07) is 1.68. The zero-order chi connectivity index (χ0) is 14.8. The van der Waals surface area contributed by atoms with Gasteiger partial charge in [-0.25, -0.2) is 8.42 Å². The maximum absolute atomic E-state index is 12.5. The maximum Gasteiger partial charge on any atom is 0.252 e. The molecule has 4 nitrogen and oxygen atoms in total. The standard InChI is InChI=1S/C13H21ClN2O2S2.ClH/c1-10-9-12(19-13(10)14)20(17,18)16-7-4-11(5-8-16)3-6-15-2;/h9,11,15H,3-8H2,1-2H3;1H. The third-order valence-corrected chi connectivity index (χ3v) is 7.71. The average molecular weight is 373 g/mol. The SMILES string of the molecule is CNCCC1CCN(S(=O)(=O)c2cc(C)c(Cl)s2)CC1.Cl. The second-order valence-electron chi connectivity index (χ2n) is 5.26. The first-order valence-electron chi connectivity index (χ1n) is 6.86. The van der Waals surface area contributed by atoms with Crippen LogP contribution in [-0.4, -0.2) is 39.4 Å². The minimum absolute atomic E-state index is 0. The van der Waals surface area contributed by atoms with E-state index in [-0.39, 0.29) is 12.4 Å². The fourth-order valence-corrected chi connectivity index (χ4v) is 5.81. The zero-order valence-electron chi connectivity index (χ0n) is 12.3. The van der Waals surface area contributed by atoms with E-state index < -0.39 is 10.0 Å². The van der Waals surface area contributed by atoms with Crippen LogP contribution in [0, 0.1) is 12.8 Å². The topological polar surface area (TPSA) is 49.4 Å². The number of nitrogens with zero attached hydrogens (tertiary/aromatic N) is 1. The lowest BCUT2D eigenvalue weighted by atomic mass is 9.95. The zero-order valence-corrected chi connectivity index (χ0v) is 15.5. The number of hydrogen-bond acceptors (Lipinski definition) is 4. The summed E-state index contributed by atoms with van der Waals surface area (Å²) >= 11 is 7.14. The Labute approximate surface area is 142 Å². The molecule has 0 unspecified atom stereocenters. The molecule has 8 heteroatoms. The van der Waals surface area contributed by atoms with E-state index in [2.05, 4.69) is 5.32 Å². The molecule has 2 rings (SSSR count). The number of piperidine rings is 1. The van der Waals surface area contributed by atoms with Crippen LogP contribution in [0.4, 0.5) is 0 Å². The number of sulfonamides is 1. The second-order valence-corrected chi connectivity index (χ2v) is 9.08. The molecule has 1 aromatic heterocycles. The maximum atomic E-state index is 12.5. The van der Waals surface area contributed by atoms with Gasteiger partial charge in [0.05, 0.1) is 4.34 Å². The molecule has 1 aromatic rings. The summed E-state index contributed by atoms with van der Waals surface area (Å²) in [4.78, 5) is 0. The van der Waals surface area contributed by atoms with Gasteiger partial charge in [0, 0.05) is 13.1 Å². The Morgan fingerprint density at radius 1 is 1.43 bits per heavy atom. The highest BCUT2D eigenvalue weighted by atomic mass is 35.5. The van der Waals surface area contributed by atoms with Gasteiger partial charge in [-0.1, -0.05) is 11.6 Å². The smallest absolute Gasteiger partial charge is 0.252 e. The summed E-state index contributed by atoms with van der Waals surface area (Å²) in [6.45, 7) is 4.07. The summed E-state index contributed by atoms with van der Waals surface area (Å²) in [5, 5.41) is 3.15. The highest BCUT2D eigenvalue weighted by molar-refractivity contribution is 7.91. The molecule has 0 radical (unpaired) electrons. The molecule has 0 amide bonds. The van der Waals surface area contributed by atoms with Gasteiger partial charge in [0.2, 0.25) is 0 Å². The highest BCUT2D eigenvalue weighted by Gasteiger charge is 2.30. The molecule has 0 aliphatic carbocycles. The van der Waals surface area contributed by atoms with E-state index in [1.807, 2.05) is 14.0 Å². The van der Waals surface area contributed by atoms with Crippen LogP contribution in [0.25, 0.3) is 0 Å². The van der Waals surface area contributed by atoms with E-state index in [0.29, 0.717) is 27.6 Å². The largest absolute Gasteiger partial charge is 0.320 e. The summed E-state index contributed by atoms with van der Waals surface area (Å²) < 4.78 is 27.6. The van der Waals surface area contributed by atoms with Gasteiger partial charge in [-0.3, -0.25) is 0 Å². The number of thiophene rings is 1. The van der Waals surface area contributed by atoms with E-state index in [9.17, 15) is 8.42 Å². The van der Waals surface area contributed by atoms with Crippen molar-refractivity contribution >= 4 is 45.4 Å². The van der Waals surface area contributed by atoms with E-state index in [1.165, 1.54) is 0 Å². The van der Waals surface area contributed by atoms with Crippen LogP contribution >= 0.6 is 35.3 Å². The summed E-state index contributed by atoms with van der Waals surface area (Å²) in [5.74, 6) is 0.627. The van der Waals surface area contributed by atoms with Crippen LogP contribution in [0.15, 0.2) is 10.3 Å². The van der Waals surface area contributed by atoms with Gasteiger partial charge < -0.3 is 5.32 Å². The van der Waals surface area contributed by atoms with Crippen molar-refractivity contribution in [2.45, 2.75) is 30.4 Å². The van der Waals surface area contributed by atoms with Gasteiger partial charge in [0.25, 0.3) is 10.0 Å². The van der Waals surface area contributed by atoms with Gasteiger partial charge in [-0.15, -0.1) is 23.7 Å². The van der Waals surface area contributed by atoms with Crippen molar-refractivity contribution in [1.29, 1.82) is 0 Å². The minimum Gasteiger partial charge on any atom is -0.320 e. The Bertz CT molecular complexity index is 533. The third-order valence-electron chi connectivity index (χ3n) is 3.80. The van der Waals surface area contributed by atoms with Crippen molar-refractivity contribution in [3.05, 3.63) is 16.0 Å². The number of aryl methyl sites for hydroxylation is 1. The lowest BCUT2D eigenvalue weighted by Gasteiger charge is -2.30. The first-order chi connectivity index (χ1) is 9.45. The monoisotopic (exact) mass is 372 g/mol. The highest BCUT2D eigenvalue weighted by Crippen LogP contribution is 2.33. The predicted octanol–water partition coefficient (Wildman–Crippen LogP) is 3.14. The van der Waals surface area contributed by atoms with E-state index >= 15 is 0 Å². The minimum atomic E-state index is -3.36. The molecule has 0 saturated carbocycles. The molecule has 2 heterocycles. The molecule has 0 bridgehead atoms. The Balaban J connectivity index is 0.00000220.